The van der Waals surface area contributed by atoms with E-state index >= 15 is 0 Å². The van der Waals surface area contributed by atoms with Crippen molar-refractivity contribution >= 4 is 6.09 Å². The second-order valence-corrected chi connectivity index (χ2v) is 5.76. The summed E-state index contributed by atoms with van der Waals surface area (Å²) in [5.74, 6) is 0. The number of hydrogen-bond acceptors (Lipinski definition) is 4. The smallest absolute Gasteiger partial charge is 0.410 e. The first-order chi connectivity index (χ1) is 7.72. The number of hydrogen-bond donors (Lipinski definition) is 2. The van der Waals surface area contributed by atoms with Crippen LogP contribution in [0.15, 0.2) is 0 Å². The summed E-state index contributed by atoms with van der Waals surface area (Å²) >= 11 is 0. The Morgan fingerprint density at radius 2 is 2.24 bits per heavy atom. The highest BCUT2D eigenvalue weighted by Gasteiger charge is 2.57. The molecule has 2 aliphatic heterocycles. The molecule has 0 saturated carbocycles. The second kappa shape index (κ2) is 3.81. The van der Waals surface area contributed by atoms with Crippen molar-refractivity contribution in [3.63, 3.8) is 0 Å². The molecule has 2 rings (SSSR count). The maximum atomic E-state index is 14.4. The monoisotopic (exact) mass is 246 g/mol. The third kappa shape index (κ3) is 2.24. The standard InChI is InChI=1S/C11H19FN2O3/c1-10(2,3)17-9(16)14-5-7-11(12,6-14)8(15)4-13-7/h7-8,13,15H,4-6H2,1-3H3/t7-,8?,11-/m1/s1. The summed E-state index contributed by atoms with van der Waals surface area (Å²) in [4.78, 5) is 13.1. The molecule has 17 heavy (non-hydrogen) atoms. The van der Waals surface area contributed by atoms with Crippen molar-refractivity contribution in [3.8, 4) is 0 Å². The predicted molar refractivity (Wildman–Crippen MR) is 59.4 cm³/mol. The predicted octanol–water partition coefficient (Wildman–Crippen LogP) is 0.278. The Morgan fingerprint density at radius 3 is 2.76 bits per heavy atom. The zero-order valence-electron chi connectivity index (χ0n) is 10.4. The van der Waals surface area contributed by atoms with Gasteiger partial charge >= 0.3 is 6.09 Å². The zero-order chi connectivity index (χ0) is 12.8. The van der Waals surface area contributed by atoms with E-state index in [4.69, 9.17) is 4.74 Å². The number of amides is 1. The van der Waals surface area contributed by atoms with E-state index in [2.05, 4.69) is 5.32 Å². The number of ether oxygens (including phenoxy) is 1. The number of likely N-dealkylation sites (tertiary alicyclic amines) is 1. The maximum absolute atomic E-state index is 14.4. The van der Waals surface area contributed by atoms with Crippen LogP contribution in [0.3, 0.4) is 0 Å². The van der Waals surface area contributed by atoms with Crippen LogP contribution in [-0.4, -0.2) is 59.1 Å². The van der Waals surface area contributed by atoms with Crippen LogP contribution in [0.2, 0.25) is 0 Å². The van der Waals surface area contributed by atoms with E-state index in [1.54, 1.807) is 20.8 Å². The Bertz CT molecular complexity index is 331. The van der Waals surface area contributed by atoms with E-state index in [-0.39, 0.29) is 19.6 Å². The van der Waals surface area contributed by atoms with Crippen LogP contribution >= 0.6 is 0 Å². The zero-order valence-corrected chi connectivity index (χ0v) is 10.4. The highest BCUT2D eigenvalue weighted by atomic mass is 19.1. The second-order valence-electron chi connectivity index (χ2n) is 5.76. The molecule has 0 aliphatic carbocycles. The molecule has 2 N–H and O–H groups in total. The Labute approximate surface area is 99.9 Å². The van der Waals surface area contributed by atoms with Gasteiger partial charge in [0.25, 0.3) is 0 Å². The lowest BCUT2D eigenvalue weighted by Gasteiger charge is -2.26. The van der Waals surface area contributed by atoms with Gasteiger partial charge in [-0.25, -0.2) is 9.18 Å². The van der Waals surface area contributed by atoms with Crippen LogP contribution in [0.1, 0.15) is 20.8 Å². The van der Waals surface area contributed by atoms with Crippen LogP contribution in [0.4, 0.5) is 9.18 Å². The number of aliphatic hydroxyl groups is 1. The molecule has 0 aromatic rings. The van der Waals surface area contributed by atoms with E-state index in [0.29, 0.717) is 0 Å². The number of β-amino-alcohol motifs (C(OH)–C–C–N with tert-alkyl or cyclic N) is 1. The lowest BCUT2D eigenvalue weighted by Crippen LogP contribution is -2.44. The first-order valence-electron chi connectivity index (χ1n) is 5.81. The van der Waals surface area contributed by atoms with Gasteiger partial charge in [0.2, 0.25) is 0 Å². The SMILES string of the molecule is CC(C)(C)OC(=O)N1C[C@H]2NCC(O)[C@@]2(F)C1. The van der Waals surface area contributed by atoms with Gasteiger partial charge in [0, 0.05) is 13.1 Å². The Morgan fingerprint density at radius 1 is 1.59 bits per heavy atom. The van der Waals surface area contributed by atoms with Gasteiger partial charge in [-0.2, -0.15) is 0 Å². The minimum Gasteiger partial charge on any atom is -0.444 e. The number of rotatable bonds is 0. The molecule has 2 heterocycles. The van der Waals surface area contributed by atoms with Crippen molar-refractivity contribution in [2.75, 3.05) is 19.6 Å². The largest absolute Gasteiger partial charge is 0.444 e. The van der Waals surface area contributed by atoms with Gasteiger partial charge in [0.05, 0.1) is 12.6 Å². The summed E-state index contributed by atoms with van der Waals surface area (Å²) in [6, 6.07) is -0.495. The normalized spacial score (nSPS) is 37.1. The summed E-state index contributed by atoms with van der Waals surface area (Å²) < 4.78 is 19.6. The van der Waals surface area contributed by atoms with E-state index < -0.39 is 29.5 Å². The van der Waals surface area contributed by atoms with Gasteiger partial charge in [-0.15, -0.1) is 0 Å². The fourth-order valence-corrected chi connectivity index (χ4v) is 2.30. The van der Waals surface area contributed by atoms with Gasteiger partial charge < -0.3 is 20.1 Å². The summed E-state index contributed by atoms with van der Waals surface area (Å²) in [5.41, 5.74) is -2.33. The number of fused-ring (bicyclic) bond motifs is 1. The third-order valence-electron chi connectivity index (χ3n) is 3.18. The van der Waals surface area contributed by atoms with Gasteiger partial charge in [-0.1, -0.05) is 0 Å². The van der Waals surface area contributed by atoms with E-state index in [9.17, 15) is 14.3 Å². The summed E-state index contributed by atoms with van der Waals surface area (Å²) in [5, 5.41) is 12.5. The third-order valence-corrected chi connectivity index (χ3v) is 3.18. The molecule has 2 fully saturated rings. The first kappa shape index (κ1) is 12.6. The van der Waals surface area contributed by atoms with Crippen molar-refractivity contribution in [1.29, 1.82) is 0 Å². The fraction of sp³-hybridized carbons (Fsp3) is 0.909. The summed E-state index contributed by atoms with van der Waals surface area (Å²) in [6.07, 6.45) is -1.59. The quantitative estimate of drug-likeness (QED) is 0.644. The van der Waals surface area contributed by atoms with E-state index in [1.807, 2.05) is 0 Å². The fourth-order valence-electron chi connectivity index (χ4n) is 2.30. The molecule has 6 heteroatoms. The topological polar surface area (TPSA) is 61.8 Å². The average molecular weight is 246 g/mol. The average Bonchev–Trinajstić information content (AvgIpc) is 2.62. The molecule has 0 bridgehead atoms. The summed E-state index contributed by atoms with van der Waals surface area (Å²) in [6.45, 7) is 5.66. The van der Waals surface area contributed by atoms with Crippen molar-refractivity contribution in [2.45, 2.75) is 44.2 Å². The number of carbonyl (C=O) groups is 1. The lowest BCUT2D eigenvalue weighted by molar-refractivity contribution is 0.00765. The molecule has 5 nitrogen and oxygen atoms in total. The molecule has 98 valence electrons. The molecule has 2 saturated heterocycles. The minimum atomic E-state index is -1.74. The van der Waals surface area contributed by atoms with Crippen LogP contribution in [0.5, 0.6) is 0 Å². The molecule has 1 unspecified atom stereocenters. The van der Waals surface area contributed by atoms with Gasteiger partial charge in [0.1, 0.15) is 11.7 Å². The number of carbonyl (C=O) groups excluding carboxylic acids is 1. The van der Waals surface area contributed by atoms with Gasteiger partial charge in [-0.05, 0) is 20.8 Å². The number of alkyl halides is 1. The number of halogens is 1. The van der Waals surface area contributed by atoms with Crippen molar-refractivity contribution in [2.24, 2.45) is 0 Å². The molecule has 3 atom stereocenters. The van der Waals surface area contributed by atoms with Crippen LogP contribution in [0.25, 0.3) is 0 Å². The molecule has 0 radical (unpaired) electrons. The number of aliphatic hydroxyl groups excluding tert-OH is 1. The van der Waals surface area contributed by atoms with Crippen LogP contribution in [-0.2, 0) is 4.74 Å². The lowest BCUT2D eigenvalue weighted by atomic mass is 9.98. The Balaban J connectivity index is 2.01. The van der Waals surface area contributed by atoms with Crippen LogP contribution < -0.4 is 5.32 Å². The molecule has 0 aromatic heterocycles. The molecule has 0 spiro atoms. The van der Waals surface area contributed by atoms with Crippen LogP contribution in [0, 0.1) is 0 Å². The van der Waals surface area contributed by atoms with Crippen molar-refractivity contribution in [1.82, 2.24) is 10.2 Å². The maximum Gasteiger partial charge on any atom is 0.410 e. The van der Waals surface area contributed by atoms with Crippen molar-refractivity contribution < 1.29 is 19.0 Å². The van der Waals surface area contributed by atoms with Gasteiger partial charge in [-0.3, -0.25) is 0 Å². The molecule has 1 amide bonds. The van der Waals surface area contributed by atoms with E-state index in [1.165, 1.54) is 4.90 Å². The molecular formula is C11H19FN2O3. The molecular weight excluding hydrogens is 227 g/mol. The number of nitrogens with one attached hydrogen (secondary N) is 1. The summed E-state index contributed by atoms with van der Waals surface area (Å²) in [7, 11) is 0. The highest BCUT2D eigenvalue weighted by Crippen LogP contribution is 2.34. The first-order valence-corrected chi connectivity index (χ1v) is 5.81. The van der Waals surface area contributed by atoms with Gasteiger partial charge in [0.15, 0.2) is 5.67 Å². The Kier molecular flexibility index (Phi) is 2.82. The molecule has 0 aromatic carbocycles. The highest BCUT2D eigenvalue weighted by molar-refractivity contribution is 5.69. The van der Waals surface area contributed by atoms with Crippen molar-refractivity contribution in [3.05, 3.63) is 0 Å². The van der Waals surface area contributed by atoms with E-state index in [0.717, 1.165) is 0 Å². The molecule has 2 aliphatic rings. The minimum absolute atomic E-state index is 0.110. The number of nitrogens with zero attached hydrogens (tertiary/aromatic N) is 1. The Hall–Kier alpha value is -0.880.